The second-order valence-electron chi connectivity index (χ2n) is 3.28. The van der Waals surface area contributed by atoms with Gasteiger partial charge < -0.3 is 4.74 Å². The van der Waals surface area contributed by atoms with Crippen LogP contribution in [0.2, 0.25) is 0 Å². The zero-order valence-electron chi connectivity index (χ0n) is 9.33. The summed E-state index contributed by atoms with van der Waals surface area (Å²) in [6.07, 6.45) is 0. The zero-order chi connectivity index (χ0) is 12.7. The first-order valence-electron chi connectivity index (χ1n) is 4.95. The van der Waals surface area contributed by atoms with Crippen LogP contribution < -0.4 is 15.6 Å². The van der Waals surface area contributed by atoms with Gasteiger partial charge in [-0.2, -0.15) is 0 Å². The third-order valence-corrected chi connectivity index (χ3v) is 2.16. The topological polar surface area (TPSA) is 67.4 Å². The molecule has 0 aliphatic rings. The molecular weight excluding hydrogens is 244 g/mol. The molecular formula is C11H13ClN2O3. The number of halogens is 1. The van der Waals surface area contributed by atoms with Crippen LogP contribution in [0.25, 0.3) is 0 Å². The predicted molar refractivity (Wildman–Crippen MR) is 63.7 cm³/mol. The van der Waals surface area contributed by atoms with Crippen molar-refractivity contribution < 1.29 is 14.3 Å². The zero-order valence-corrected chi connectivity index (χ0v) is 10.1. The third kappa shape index (κ3) is 4.74. The van der Waals surface area contributed by atoms with E-state index in [1.54, 1.807) is 6.07 Å². The molecule has 0 radical (unpaired) electrons. The molecule has 0 saturated heterocycles. The molecule has 6 heteroatoms. The summed E-state index contributed by atoms with van der Waals surface area (Å²) in [4.78, 5) is 22.0. The van der Waals surface area contributed by atoms with Crippen molar-refractivity contribution in [2.75, 3.05) is 12.5 Å². The fourth-order valence-electron chi connectivity index (χ4n) is 1.07. The van der Waals surface area contributed by atoms with Gasteiger partial charge in [0.2, 0.25) is 0 Å². The van der Waals surface area contributed by atoms with Crippen molar-refractivity contribution in [3.63, 3.8) is 0 Å². The van der Waals surface area contributed by atoms with Crippen LogP contribution in [0, 0.1) is 6.92 Å². The predicted octanol–water partition coefficient (Wildman–Crippen LogP) is 0.760. The Morgan fingerprint density at radius 3 is 2.53 bits per heavy atom. The average Bonchev–Trinajstić information content (AvgIpc) is 2.35. The van der Waals surface area contributed by atoms with Crippen molar-refractivity contribution in [2.45, 2.75) is 6.92 Å². The van der Waals surface area contributed by atoms with Crippen LogP contribution in [0.5, 0.6) is 5.75 Å². The number of amides is 2. The van der Waals surface area contributed by atoms with Crippen LogP contribution in [0.1, 0.15) is 5.56 Å². The third-order valence-electron chi connectivity index (χ3n) is 1.92. The lowest BCUT2D eigenvalue weighted by Crippen LogP contribution is -2.44. The largest absolute Gasteiger partial charge is 0.483 e. The van der Waals surface area contributed by atoms with E-state index in [0.717, 1.165) is 5.56 Å². The summed E-state index contributed by atoms with van der Waals surface area (Å²) < 4.78 is 5.27. The minimum absolute atomic E-state index is 0.173. The van der Waals surface area contributed by atoms with Crippen LogP contribution in [0.15, 0.2) is 24.3 Å². The maximum atomic E-state index is 11.3. The van der Waals surface area contributed by atoms with E-state index in [2.05, 4.69) is 10.9 Å². The molecule has 1 rings (SSSR count). The number of carbonyl (C=O) groups is 2. The molecule has 0 aliphatic heterocycles. The number of nitrogens with one attached hydrogen (secondary N) is 2. The van der Waals surface area contributed by atoms with Gasteiger partial charge in [-0.1, -0.05) is 18.2 Å². The SMILES string of the molecule is Cc1ccccc1OCC(=O)NNC(=O)CCl. The number of aryl methyl sites for hydroxylation is 1. The Morgan fingerprint density at radius 2 is 1.88 bits per heavy atom. The summed E-state index contributed by atoms with van der Waals surface area (Å²) in [5.41, 5.74) is 5.24. The van der Waals surface area contributed by atoms with Crippen molar-refractivity contribution in [2.24, 2.45) is 0 Å². The molecule has 0 heterocycles. The molecule has 0 aliphatic carbocycles. The molecule has 92 valence electrons. The van der Waals surface area contributed by atoms with E-state index in [1.165, 1.54) is 0 Å². The molecule has 0 aromatic heterocycles. The normalized spacial score (nSPS) is 9.53. The van der Waals surface area contributed by atoms with Gasteiger partial charge in [0.15, 0.2) is 6.61 Å². The van der Waals surface area contributed by atoms with Crippen LogP contribution in [-0.4, -0.2) is 24.3 Å². The van der Waals surface area contributed by atoms with Crippen LogP contribution in [0.4, 0.5) is 0 Å². The molecule has 0 spiro atoms. The van der Waals surface area contributed by atoms with Gasteiger partial charge >= 0.3 is 0 Å². The van der Waals surface area contributed by atoms with Crippen molar-refractivity contribution in [1.29, 1.82) is 0 Å². The number of alkyl halides is 1. The second-order valence-corrected chi connectivity index (χ2v) is 3.55. The molecule has 0 atom stereocenters. The van der Waals surface area contributed by atoms with Gasteiger partial charge in [-0.15, -0.1) is 11.6 Å². The molecule has 1 aromatic carbocycles. The van der Waals surface area contributed by atoms with E-state index in [4.69, 9.17) is 16.3 Å². The monoisotopic (exact) mass is 256 g/mol. The van der Waals surface area contributed by atoms with Gasteiger partial charge in [-0.3, -0.25) is 20.4 Å². The van der Waals surface area contributed by atoms with Crippen LogP contribution in [-0.2, 0) is 9.59 Å². The first-order chi connectivity index (χ1) is 8.13. The van der Waals surface area contributed by atoms with E-state index < -0.39 is 11.8 Å². The Bertz CT molecular complexity index is 409. The highest BCUT2D eigenvalue weighted by molar-refractivity contribution is 6.27. The lowest BCUT2D eigenvalue weighted by molar-refractivity contribution is -0.128. The molecule has 0 saturated carbocycles. The Balaban J connectivity index is 2.34. The summed E-state index contributed by atoms with van der Waals surface area (Å²) in [6, 6.07) is 7.33. The molecule has 0 bridgehead atoms. The summed E-state index contributed by atoms with van der Waals surface area (Å²) in [6.45, 7) is 1.70. The Kier molecular flexibility index (Phi) is 5.29. The van der Waals surface area contributed by atoms with Gasteiger partial charge in [-0.05, 0) is 18.6 Å². The van der Waals surface area contributed by atoms with E-state index in [-0.39, 0.29) is 12.5 Å². The molecule has 2 amide bonds. The quantitative estimate of drug-likeness (QED) is 0.617. The first kappa shape index (κ1) is 13.3. The van der Waals surface area contributed by atoms with Gasteiger partial charge in [0, 0.05) is 0 Å². The van der Waals surface area contributed by atoms with E-state index in [1.807, 2.05) is 25.1 Å². The molecule has 0 fully saturated rings. The molecule has 2 N–H and O–H groups in total. The number of carbonyl (C=O) groups excluding carboxylic acids is 2. The van der Waals surface area contributed by atoms with E-state index in [9.17, 15) is 9.59 Å². The molecule has 1 aromatic rings. The Hall–Kier alpha value is -1.75. The number of para-hydroxylation sites is 1. The average molecular weight is 257 g/mol. The minimum atomic E-state index is -0.476. The number of ether oxygens (including phenoxy) is 1. The standard InChI is InChI=1S/C11H13ClN2O3/c1-8-4-2-3-5-9(8)17-7-11(16)14-13-10(15)6-12/h2-5H,6-7H2,1H3,(H,13,15)(H,14,16). The fourth-order valence-corrected chi connectivity index (χ4v) is 1.14. The maximum absolute atomic E-state index is 11.3. The first-order valence-corrected chi connectivity index (χ1v) is 5.49. The highest BCUT2D eigenvalue weighted by atomic mass is 35.5. The highest BCUT2D eigenvalue weighted by Crippen LogP contribution is 2.15. The number of hydrazine groups is 1. The molecule has 0 unspecified atom stereocenters. The maximum Gasteiger partial charge on any atom is 0.276 e. The van der Waals surface area contributed by atoms with Gasteiger partial charge in [-0.25, -0.2) is 0 Å². The van der Waals surface area contributed by atoms with Gasteiger partial charge in [0.1, 0.15) is 11.6 Å². The van der Waals surface area contributed by atoms with Gasteiger partial charge in [0.05, 0.1) is 0 Å². The van der Waals surface area contributed by atoms with Crippen molar-refractivity contribution in [1.82, 2.24) is 10.9 Å². The number of hydrogen-bond donors (Lipinski definition) is 2. The number of hydrogen-bond acceptors (Lipinski definition) is 3. The lowest BCUT2D eigenvalue weighted by atomic mass is 10.2. The summed E-state index contributed by atoms with van der Waals surface area (Å²) in [7, 11) is 0. The van der Waals surface area contributed by atoms with Crippen molar-refractivity contribution in [3.05, 3.63) is 29.8 Å². The molecule has 17 heavy (non-hydrogen) atoms. The minimum Gasteiger partial charge on any atom is -0.483 e. The fraction of sp³-hybridized carbons (Fsp3) is 0.273. The second kappa shape index (κ2) is 6.75. The number of benzene rings is 1. The molecule has 5 nitrogen and oxygen atoms in total. The van der Waals surface area contributed by atoms with Crippen LogP contribution in [0.3, 0.4) is 0 Å². The summed E-state index contributed by atoms with van der Waals surface area (Å²) in [5, 5.41) is 0. The lowest BCUT2D eigenvalue weighted by Gasteiger charge is -2.09. The van der Waals surface area contributed by atoms with Crippen molar-refractivity contribution in [3.8, 4) is 5.75 Å². The summed E-state index contributed by atoms with van der Waals surface area (Å²) >= 11 is 5.23. The van der Waals surface area contributed by atoms with Crippen molar-refractivity contribution >= 4 is 23.4 Å². The van der Waals surface area contributed by atoms with E-state index in [0.29, 0.717) is 5.75 Å². The van der Waals surface area contributed by atoms with E-state index >= 15 is 0 Å². The summed E-state index contributed by atoms with van der Waals surface area (Å²) in [5.74, 6) is -0.507. The Labute approximate surface area is 104 Å². The van der Waals surface area contributed by atoms with Crippen LogP contribution >= 0.6 is 11.6 Å². The van der Waals surface area contributed by atoms with Gasteiger partial charge in [0.25, 0.3) is 11.8 Å². The number of rotatable bonds is 4. The smallest absolute Gasteiger partial charge is 0.276 e. The Morgan fingerprint density at radius 1 is 1.24 bits per heavy atom. The highest BCUT2D eigenvalue weighted by Gasteiger charge is 2.05.